The van der Waals surface area contributed by atoms with Crippen LogP contribution in [0.1, 0.15) is 51.7 Å². The number of epoxide rings is 1. The van der Waals surface area contributed by atoms with Crippen LogP contribution in [0.5, 0.6) is 5.75 Å². The van der Waals surface area contributed by atoms with Crippen LogP contribution in [0.15, 0.2) is 54.6 Å². The zero-order valence-corrected chi connectivity index (χ0v) is 26.5. The van der Waals surface area contributed by atoms with Crippen LogP contribution < -0.4 is 10.1 Å². The fraction of sp³-hybridized carbons (Fsp3) is 0.543. The summed E-state index contributed by atoms with van der Waals surface area (Å²) in [6.07, 6.45) is 0.783. The summed E-state index contributed by atoms with van der Waals surface area (Å²) in [6, 6.07) is 16.1. The van der Waals surface area contributed by atoms with Gasteiger partial charge in [-0.25, -0.2) is 0 Å². The van der Waals surface area contributed by atoms with Crippen LogP contribution in [0.25, 0.3) is 0 Å². The maximum absolute atomic E-state index is 13.9. The number of ether oxygens (including phenoxy) is 3. The molecule has 2 aliphatic heterocycles. The zero-order chi connectivity index (χ0) is 31.9. The van der Waals surface area contributed by atoms with Crippen LogP contribution in [0.4, 0.5) is 0 Å². The lowest BCUT2D eigenvalue weighted by molar-refractivity contribution is -0.135. The van der Waals surface area contributed by atoms with Gasteiger partial charge in [-0.15, -0.1) is 0 Å². The van der Waals surface area contributed by atoms with E-state index in [9.17, 15) is 19.2 Å². The SMILES string of the molecule is COc1ccc(CC(CC(=O)[C@H](C)CC(=O)CN2CC(C)O[C@H](C)C2)C(=O)NC(Cc2ccccc2)C(=O)[C@@]2(C)CO2)cc1. The Hall–Kier alpha value is -3.40. The molecule has 9 heteroatoms. The van der Waals surface area contributed by atoms with Gasteiger partial charge in [-0.3, -0.25) is 24.1 Å². The Bertz CT molecular complexity index is 1280. The average Bonchev–Trinajstić information content (AvgIpc) is 3.74. The van der Waals surface area contributed by atoms with E-state index in [4.69, 9.17) is 14.2 Å². The molecular formula is C35H46N2O7. The number of Topliss-reactive ketones (excluding diaryl/α,β-unsaturated/α-hetero) is 3. The molecule has 0 spiro atoms. The molecule has 9 nitrogen and oxygen atoms in total. The first-order valence-electron chi connectivity index (χ1n) is 15.5. The largest absolute Gasteiger partial charge is 0.497 e. The third-order valence-electron chi connectivity index (χ3n) is 8.45. The van der Waals surface area contributed by atoms with Crippen LogP contribution in [-0.2, 0) is 41.5 Å². The number of rotatable bonds is 16. The summed E-state index contributed by atoms with van der Waals surface area (Å²) in [7, 11) is 1.58. The second-order valence-corrected chi connectivity index (χ2v) is 12.6. The van der Waals surface area contributed by atoms with Crippen molar-refractivity contribution in [3.63, 3.8) is 0 Å². The summed E-state index contributed by atoms with van der Waals surface area (Å²) in [5.41, 5.74) is 0.856. The highest BCUT2D eigenvalue weighted by atomic mass is 16.6. The lowest BCUT2D eigenvalue weighted by Crippen LogP contribution is -2.49. The van der Waals surface area contributed by atoms with E-state index in [1.165, 1.54) is 0 Å². The molecule has 238 valence electrons. The first-order valence-corrected chi connectivity index (χ1v) is 15.5. The zero-order valence-electron chi connectivity index (χ0n) is 26.5. The molecule has 1 N–H and O–H groups in total. The number of ketones is 3. The summed E-state index contributed by atoms with van der Waals surface area (Å²) in [5, 5.41) is 2.97. The standard InChI is InChI=1S/C35H46N2O7/c1-23(15-29(38)21-37-19-24(2)44-25(3)20-37)32(39)18-28(16-27-11-13-30(42-5)14-12-27)34(41)36-31(33(40)35(4)22-43-35)17-26-9-7-6-8-10-26/h6-14,23-25,28,31H,15-22H2,1-5H3,(H,36,41)/t23-,24-,25?,28?,31?,35-/m1/s1. The Morgan fingerprint density at radius 3 is 2.16 bits per heavy atom. The summed E-state index contributed by atoms with van der Waals surface area (Å²) >= 11 is 0. The van der Waals surface area contributed by atoms with Crippen molar-refractivity contribution in [1.82, 2.24) is 10.2 Å². The third kappa shape index (κ3) is 9.55. The van der Waals surface area contributed by atoms with Crippen molar-refractivity contribution in [2.75, 3.05) is 33.4 Å². The predicted octanol–water partition coefficient (Wildman–Crippen LogP) is 3.60. The van der Waals surface area contributed by atoms with E-state index in [2.05, 4.69) is 10.2 Å². The number of methoxy groups -OCH3 is 1. The van der Waals surface area contributed by atoms with Gasteiger partial charge in [0.2, 0.25) is 5.91 Å². The predicted molar refractivity (Wildman–Crippen MR) is 166 cm³/mol. The third-order valence-corrected chi connectivity index (χ3v) is 8.45. The molecule has 2 saturated heterocycles. The van der Waals surface area contributed by atoms with Gasteiger partial charge in [0.25, 0.3) is 0 Å². The molecule has 1 amide bonds. The van der Waals surface area contributed by atoms with E-state index in [0.717, 1.165) is 11.1 Å². The van der Waals surface area contributed by atoms with Crippen LogP contribution >= 0.6 is 0 Å². The van der Waals surface area contributed by atoms with E-state index in [1.807, 2.05) is 68.4 Å². The summed E-state index contributed by atoms with van der Waals surface area (Å²) < 4.78 is 16.5. The maximum Gasteiger partial charge on any atom is 0.224 e. The van der Waals surface area contributed by atoms with Gasteiger partial charge in [-0.2, -0.15) is 0 Å². The highest BCUT2D eigenvalue weighted by molar-refractivity contribution is 5.98. The topological polar surface area (TPSA) is 115 Å². The fourth-order valence-electron chi connectivity index (χ4n) is 5.90. The minimum absolute atomic E-state index is 0.00509. The lowest BCUT2D eigenvalue weighted by Gasteiger charge is -2.34. The summed E-state index contributed by atoms with van der Waals surface area (Å²) in [6.45, 7) is 9.40. The van der Waals surface area contributed by atoms with Crippen molar-refractivity contribution in [2.24, 2.45) is 11.8 Å². The molecule has 4 rings (SSSR count). The van der Waals surface area contributed by atoms with Crippen molar-refractivity contribution in [3.8, 4) is 5.75 Å². The molecule has 2 aliphatic rings. The smallest absolute Gasteiger partial charge is 0.224 e. The number of hydrogen-bond donors (Lipinski definition) is 1. The quantitative estimate of drug-likeness (QED) is 0.289. The lowest BCUT2D eigenvalue weighted by atomic mass is 9.87. The van der Waals surface area contributed by atoms with Crippen LogP contribution in [-0.4, -0.2) is 85.4 Å². The Morgan fingerprint density at radius 2 is 1.57 bits per heavy atom. The number of hydrogen-bond acceptors (Lipinski definition) is 8. The Balaban J connectivity index is 1.45. The van der Waals surface area contributed by atoms with Gasteiger partial charge in [-0.1, -0.05) is 49.4 Å². The van der Waals surface area contributed by atoms with Gasteiger partial charge in [0.05, 0.1) is 38.5 Å². The highest BCUT2D eigenvalue weighted by Crippen LogP contribution is 2.29. The average molecular weight is 607 g/mol. The number of amides is 1. The van der Waals surface area contributed by atoms with E-state index < -0.39 is 23.5 Å². The van der Waals surface area contributed by atoms with E-state index in [0.29, 0.717) is 38.3 Å². The molecule has 2 heterocycles. The van der Waals surface area contributed by atoms with Gasteiger partial charge in [0, 0.05) is 37.8 Å². The minimum atomic E-state index is -0.918. The molecule has 0 aromatic heterocycles. The van der Waals surface area contributed by atoms with Gasteiger partial charge < -0.3 is 19.5 Å². The maximum atomic E-state index is 13.9. The molecular weight excluding hydrogens is 560 g/mol. The van der Waals surface area contributed by atoms with Gasteiger partial charge in [-0.05, 0) is 56.9 Å². The van der Waals surface area contributed by atoms with Gasteiger partial charge >= 0.3 is 0 Å². The van der Waals surface area contributed by atoms with Crippen molar-refractivity contribution in [3.05, 3.63) is 65.7 Å². The van der Waals surface area contributed by atoms with Crippen molar-refractivity contribution in [2.45, 2.75) is 77.2 Å². The summed E-state index contributed by atoms with van der Waals surface area (Å²) in [5.74, 6) is -1.29. The molecule has 2 fully saturated rings. The Labute approximate surface area is 260 Å². The second kappa shape index (κ2) is 15.1. The molecule has 2 aromatic rings. The van der Waals surface area contributed by atoms with Crippen LogP contribution in [0.3, 0.4) is 0 Å². The van der Waals surface area contributed by atoms with Crippen molar-refractivity contribution < 1.29 is 33.4 Å². The first-order chi connectivity index (χ1) is 21.0. The molecule has 0 aliphatic carbocycles. The Morgan fingerprint density at radius 1 is 0.955 bits per heavy atom. The van der Waals surface area contributed by atoms with E-state index in [-0.39, 0.29) is 54.9 Å². The van der Waals surface area contributed by atoms with Crippen molar-refractivity contribution in [1.29, 1.82) is 0 Å². The molecule has 0 saturated carbocycles. The minimum Gasteiger partial charge on any atom is -0.497 e. The molecule has 44 heavy (non-hydrogen) atoms. The fourth-order valence-corrected chi connectivity index (χ4v) is 5.90. The summed E-state index contributed by atoms with van der Waals surface area (Å²) in [4.78, 5) is 55.8. The monoisotopic (exact) mass is 606 g/mol. The molecule has 3 unspecified atom stereocenters. The van der Waals surface area contributed by atoms with Crippen LogP contribution in [0.2, 0.25) is 0 Å². The number of carbonyl (C=O) groups is 4. The second-order valence-electron chi connectivity index (χ2n) is 12.6. The van der Waals surface area contributed by atoms with Gasteiger partial charge in [0.15, 0.2) is 5.78 Å². The first kappa shape index (κ1) is 33.5. The van der Waals surface area contributed by atoms with Crippen molar-refractivity contribution >= 4 is 23.3 Å². The highest BCUT2D eigenvalue weighted by Gasteiger charge is 2.50. The molecule has 2 aromatic carbocycles. The van der Waals surface area contributed by atoms with Gasteiger partial charge in [0.1, 0.15) is 22.9 Å². The Kier molecular flexibility index (Phi) is 11.5. The number of carbonyl (C=O) groups excluding carboxylic acids is 4. The van der Waals surface area contributed by atoms with E-state index in [1.54, 1.807) is 21.0 Å². The molecule has 0 bridgehead atoms. The number of morpholine rings is 1. The molecule has 6 atom stereocenters. The molecule has 0 radical (unpaired) electrons. The number of benzene rings is 2. The number of nitrogens with zero attached hydrogens (tertiary/aromatic N) is 1. The number of nitrogens with one attached hydrogen (secondary N) is 1. The van der Waals surface area contributed by atoms with E-state index >= 15 is 0 Å². The van der Waals surface area contributed by atoms with Crippen LogP contribution in [0, 0.1) is 11.8 Å². The normalized spacial score (nSPS) is 23.7.